The molecule has 1 aromatic rings. The number of benzene rings is 1. The number of piperazine rings is 1. The first-order valence-electron chi connectivity index (χ1n) is 9.02. The maximum Gasteiger partial charge on any atom is 0.222 e. The van der Waals surface area contributed by atoms with E-state index in [2.05, 4.69) is 41.1 Å². The number of likely N-dealkylation sites (N-methyl/N-ethyl adjacent to an activating group) is 1. The Morgan fingerprint density at radius 2 is 1.57 bits per heavy atom. The summed E-state index contributed by atoms with van der Waals surface area (Å²) < 4.78 is 0. The summed E-state index contributed by atoms with van der Waals surface area (Å²) in [5.41, 5.74) is 2.60. The molecule has 23 heavy (non-hydrogen) atoms. The van der Waals surface area contributed by atoms with Gasteiger partial charge in [-0.25, -0.2) is 0 Å². The molecule has 0 saturated carbocycles. The highest BCUT2D eigenvalue weighted by Crippen LogP contribution is 2.20. The third kappa shape index (κ3) is 4.47. The largest absolute Gasteiger partial charge is 0.372 e. The molecule has 4 nitrogen and oxygen atoms in total. The molecule has 2 aliphatic heterocycles. The van der Waals surface area contributed by atoms with Crippen molar-refractivity contribution in [1.82, 2.24) is 9.80 Å². The summed E-state index contributed by atoms with van der Waals surface area (Å²) in [6.45, 7) is 6.11. The molecule has 126 valence electrons. The van der Waals surface area contributed by atoms with Crippen molar-refractivity contribution < 1.29 is 4.79 Å². The number of carbonyl (C=O) groups is 1. The van der Waals surface area contributed by atoms with E-state index in [0.717, 1.165) is 32.6 Å². The van der Waals surface area contributed by atoms with Gasteiger partial charge in [-0.15, -0.1) is 0 Å². The molecule has 2 aliphatic rings. The Bertz CT molecular complexity index is 500. The molecule has 2 fully saturated rings. The van der Waals surface area contributed by atoms with Crippen LogP contribution in [0.15, 0.2) is 24.3 Å². The number of carbonyl (C=O) groups excluding carboxylic acids is 1. The number of hydrogen-bond acceptors (Lipinski definition) is 3. The van der Waals surface area contributed by atoms with Gasteiger partial charge in [-0.05, 0) is 50.4 Å². The highest BCUT2D eigenvalue weighted by molar-refractivity contribution is 5.76. The van der Waals surface area contributed by atoms with Crippen LogP contribution >= 0.6 is 0 Å². The molecule has 1 aromatic carbocycles. The molecule has 1 amide bonds. The van der Waals surface area contributed by atoms with Gasteiger partial charge in [0.05, 0.1) is 0 Å². The Labute approximate surface area is 140 Å². The summed E-state index contributed by atoms with van der Waals surface area (Å²) in [7, 11) is 2.12. The van der Waals surface area contributed by atoms with Crippen molar-refractivity contribution in [2.24, 2.45) is 0 Å². The monoisotopic (exact) mass is 315 g/mol. The average molecular weight is 315 g/mol. The second-order valence-corrected chi connectivity index (χ2v) is 6.90. The van der Waals surface area contributed by atoms with Gasteiger partial charge in [0.25, 0.3) is 0 Å². The molecule has 0 spiro atoms. The van der Waals surface area contributed by atoms with Crippen molar-refractivity contribution in [1.29, 1.82) is 0 Å². The zero-order valence-electron chi connectivity index (χ0n) is 14.3. The van der Waals surface area contributed by atoms with Gasteiger partial charge in [0, 0.05) is 51.4 Å². The van der Waals surface area contributed by atoms with E-state index >= 15 is 0 Å². The van der Waals surface area contributed by atoms with Crippen molar-refractivity contribution >= 4 is 11.6 Å². The minimum Gasteiger partial charge on any atom is -0.372 e. The van der Waals surface area contributed by atoms with E-state index in [-0.39, 0.29) is 0 Å². The van der Waals surface area contributed by atoms with Crippen molar-refractivity contribution in [3.63, 3.8) is 0 Å². The molecule has 0 radical (unpaired) electrons. The predicted octanol–water partition coefficient (Wildman–Crippen LogP) is 2.38. The van der Waals surface area contributed by atoms with E-state index in [4.69, 9.17) is 0 Å². The van der Waals surface area contributed by atoms with Crippen LogP contribution in [0.3, 0.4) is 0 Å². The lowest BCUT2D eigenvalue weighted by molar-refractivity contribution is -0.132. The molecule has 2 saturated heterocycles. The molecule has 4 heteroatoms. The minimum absolute atomic E-state index is 0.304. The summed E-state index contributed by atoms with van der Waals surface area (Å²) >= 11 is 0. The molecule has 3 rings (SSSR count). The molecule has 0 aliphatic carbocycles. The number of hydrogen-bond donors (Lipinski definition) is 0. The van der Waals surface area contributed by atoms with E-state index in [1.165, 1.54) is 43.6 Å². The lowest BCUT2D eigenvalue weighted by atomic mass is 10.1. The van der Waals surface area contributed by atoms with Crippen LogP contribution in [-0.4, -0.2) is 62.0 Å². The van der Waals surface area contributed by atoms with E-state index < -0.39 is 0 Å². The molecule has 2 heterocycles. The fourth-order valence-corrected chi connectivity index (χ4v) is 3.49. The fraction of sp³-hybridized carbons (Fsp3) is 0.632. The molecular weight excluding hydrogens is 286 g/mol. The summed E-state index contributed by atoms with van der Waals surface area (Å²) in [5.74, 6) is 0.304. The zero-order chi connectivity index (χ0) is 16.1. The van der Waals surface area contributed by atoms with Gasteiger partial charge in [-0.2, -0.15) is 0 Å². The predicted molar refractivity (Wildman–Crippen MR) is 94.9 cm³/mol. The van der Waals surface area contributed by atoms with Gasteiger partial charge in [0.15, 0.2) is 0 Å². The molecule has 0 aromatic heterocycles. The maximum absolute atomic E-state index is 12.3. The van der Waals surface area contributed by atoms with Gasteiger partial charge >= 0.3 is 0 Å². The van der Waals surface area contributed by atoms with Crippen LogP contribution in [0.25, 0.3) is 0 Å². The molecule has 0 atom stereocenters. The van der Waals surface area contributed by atoms with Gasteiger partial charge in [0.2, 0.25) is 5.91 Å². The molecule has 0 bridgehead atoms. The molecular formula is C19H29N3O. The van der Waals surface area contributed by atoms with Crippen LogP contribution in [0.4, 0.5) is 5.69 Å². The summed E-state index contributed by atoms with van der Waals surface area (Å²) in [6.07, 6.45) is 5.46. The first-order valence-corrected chi connectivity index (χ1v) is 9.02. The lowest BCUT2D eigenvalue weighted by Gasteiger charge is -2.32. The highest BCUT2D eigenvalue weighted by atomic mass is 16.2. The summed E-state index contributed by atoms with van der Waals surface area (Å²) in [5, 5.41) is 0. The number of nitrogens with zero attached hydrogens (tertiary/aromatic N) is 3. The Morgan fingerprint density at radius 3 is 2.22 bits per heavy atom. The van der Waals surface area contributed by atoms with Crippen molar-refractivity contribution in [2.75, 3.05) is 51.2 Å². The topological polar surface area (TPSA) is 26.8 Å². The van der Waals surface area contributed by atoms with Crippen LogP contribution in [0, 0.1) is 0 Å². The molecule has 0 N–H and O–H groups in total. The minimum atomic E-state index is 0.304. The average Bonchev–Trinajstić information content (AvgIpc) is 2.61. The van der Waals surface area contributed by atoms with Gasteiger partial charge < -0.3 is 14.7 Å². The van der Waals surface area contributed by atoms with Crippen molar-refractivity contribution in [2.45, 2.75) is 32.1 Å². The van der Waals surface area contributed by atoms with Gasteiger partial charge in [0.1, 0.15) is 0 Å². The SMILES string of the molecule is CN1CCN(C(=O)CCc2ccc(N3CCCCC3)cc2)CC1. The second kappa shape index (κ2) is 7.82. The van der Waals surface area contributed by atoms with Crippen molar-refractivity contribution in [3.8, 4) is 0 Å². The Hall–Kier alpha value is -1.55. The van der Waals surface area contributed by atoms with E-state index in [0.29, 0.717) is 12.3 Å². The first kappa shape index (κ1) is 16.3. The third-order valence-electron chi connectivity index (χ3n) is 5.14. The van der Waals surface area contributed by atoms with Gasteiger partial charge in [-0.1, -0.05) is 12.1 Å². The number of aryl methyl sites for hydroxylation is 1. The quantitative estimate of drug-likeness (QED) is 0.853. The summed E-state index contributed by atoms with van der Waals surface area (Å²) in [6, 6.07) is 8.84. The van der Waals surface area contributed by atoms with E-state index in [1.807, 2.05) is 4.90 Å². The summed E-state index contributed by atoms with van der Waals surface area (Å²) in [4.78, 5) is 19.1. The van der Waals surface area contributed by atoms with Crippen LogP contribution in [0.1, 0.15) is 31.2 Å². The molecule has 0 unspecified atom stereocenters. The van der Waals surface area contributed by atoms with Crippen molar-refractivity contribution in [3.05, 3.63) is 29.8 Å². The number of piperidine rings is 1. The Morgan fingerprint density at radius 1 is 0.913 bits per heavy atom. The smallest absolute Gasteiger partial charge is 0.222 e. The highest BCUT2D eigenvalue weighted by Gasteiger charge is 2.18. The zero-order valence-corrected chi connectivity index (χ0v) is 14.3. The Balaban J connectivity index is 1.47. The van der Waals surface area contributed by atoms with E-state index in [9.17, 15) is 4.79 Å². The fourth-order valence-electron chi connectivity index (χ4n) is 3.49. The van der Waals surface area contributed by atoms with E-state index in [1.54, 1.807) is 0 Å². The third-order valence-corrected chi connectivity index (χ3v) is 5.14. The lowest BCUT2D eigenvalue weighted by Crippen LogP contribution is -2.47. The van der Waals surface area contributed by atoms with Crippen LogP contribution in [0.2, 0.25) is 0 Å². The normalized spacial score (nSPS) is 19.9. The van der Waals surface area contributed by atoms with Gasteiger partial charge in [-0.3, -0.25) is 4.79 Å². The number of rotatable bonds is 4. The maximum atomic E-state index is 12.3. The number of anilines is 1. The Kier molecular flexibility index (Phi) is 5.55. The standard InChI is InChI=1S/C19H29N3O/c1-20-13-15-22(16-14-20)19(23)10-7-17-5-8-18(9-6-17)21-11-3-2-4-12-21/h5-6,8-9H,2-4,7,10-16H2,1H3. The second-order valence-electron chi connectivity index (χ2n) is 6.90. The van der Waals surface area contributed by atoms with Crippen LogP contribution < -0.4 is 4.90 Å². The first-order chi connectivity index (χ1) is 11.2. The number of amides is 1. The van der Waals surface area contributed by atoms with Crippen LogP contribution in [0.5, 0.6) is 0 Å². The van der Waals surface area contributed by atoms with Crippen LogP contribution in [-0.2, 0) is 11.2 Å².